The second-order valence-corrected chi connectivity index (χ2v) is 23.2. The van der Waals surface area contributed by atoms with Crippen molar-refractivity contribution in [2.75, 3.05) is 13.1 Å². The minimum Gasteiger partial charge on any atom is -0.508 e. The Bertz CT molecular complexity index is 2430. The first-order valence-corrected chi connectivity index (χ1v) is 29.0. The van der Waals surface area contributed by atoms with Gasteiger partial charge in [-0.05, 0) is 67.9 Å². The SMILES string of the molecule is CC[C@H](C)C[C@H](C)CCCCCCCCC(=O)N[C@H]1C[C@@H](O)[C@@H](Sc2ccccc2)NC(=O)[C@@H]2[C@@H](O)CCN2C(=O)[C@H]([C@H](O)CC(N)=O)NC(=O)[C@H]([C@H](O)[C@H](O)c2ccc(O)cc2)NC(=O)[C@@H]2C[C@@H](O)CN2C(=O)[C@H]([C@@H](C)O)NC1=O. The maximum Gasteiger partial charge on any atom is 0.248 e. The van der Waals surface area contributed by atoms with E-state index in [9.17, 15) is 79.2 Å². The van der Waals surface area contributed by atoms with Crippen LogP contribution in [-0.4, -0.2) is 189 Å². The number of benzene rings is 2. The smallest absolute Gasteiger partial charge is 0.248 e. The minimum absolute atomic E-state index is 0.0381. The summed E-state index contributed by atoms with van der Waals surface area (Å²) in [5.41, 5.74) is 5.31. The van der Waals surface area contributed by atoms with E-state index in [2.05, 4.69) is 47.4 Å². The van der Waals surface area contributed by atoms with Crippen LogP contribution in [0.15, 0.2) is 59.5 Å². The van der Waals surface area contributed by atoms with Gasteiger partial charge >= 0.3 is 0 Å². The largest absolute Gasteiger partial charge is 0.508 e. The molecule has 81 heavy (non-hydrogen) atoms. The molecule has 2 aromatic carbocycles. The number of primary amides is 1. The highest BCUT2D eigenvalue weighted by Crippen LogP contribution is 2.30. The van der Waals surface area contributed by atoms with E-state index in [-0.39, 0.29) is 30.7 Å². The molecule has 0 saturated carbocycles. The third kappa shape index (κ3) is 19.1. The van der Waals surface area contributed by atoms with Crippen molar-refractivity contribution in [1.29, 1.82) is 0 Å². The number of fused-ring (bicyclic) bond motifs is 2. The molecule has 3 saturated heterocycles. The Hall–Kier alpha value is -5.93. The fourth-order valence-corrected chi connectivity index (χ4v) is 11.6. The Labute approximate surface area is 476 Å². The summed E-state index contributed by atoms with van der Waals surface area (Å²) in [4.78, 5) is 116. The normalized spacial score (nSPS) is 27.7. The average molecular weight is 1160 g/mol. The zero-order chi connectivity index (χ0) is 59.7. The molecular weight excluding hydrogens is 1070 g/mol. The molecule has 15 N–H and O–H groups in total. The molecule has 0 spiro atoms. The topological polar surface area (TPSA) is 391 Å². The quantitative estimate of drug-likeness (QED) is 0.0658. The number of aliphatic hydroxyl groups excluding tert-OH is 7. The molecule has 24 nitrogen and oxygen atoms in total. The number of hydrogen-bond donors (Lipinski definition) is 14. The van der Waals surface area contributed by atoms with Crippen molar-refractivity contribution in [1.82, 2.24) is 36.4 Å². The highest BCUT2D eigenvalue weighted by Gasteiger charge is 2.49. The number of hydrogen-bond acceptors (Lipinski definition) is 17. The number of carbonyl (C=O) groups excluding carboxylic acids is 8. The van der Waals surface area contributed by atoms with Crippen molar-refractivity contribution >= 4 is 59.0 Å². The van der Waals surface area contributed by atoms with Gasteiger partial charge in [-0.15, -0.1) is 0 Å². The van der Waals surface area contributed by atoms with Crippen LogP contribution in [0.2, 0.25) is 0 Å². The fourth-order valence-electron chi connectivity index (χ4n) is 10.5. The second-order valence-electron chi connectivity index (χ2n) is 22.0. The molecule has 3 heterocycles. The van der Waals surface area contributed by atoms with Gasteiger partial charge in [-0.3, -0.25) is 38.4 Å². The number of unbranched alkanes of at least 4 members (excludes halogenated alkanes) is 5. The van der Waals surface area contributed by atoms with Crippen LogP contribution in [0.5, 0.6) is 5.75 Å². The van der Waals surface area contributed by atoms with Gasteiger partial charge < -0.3 is 83.0 Å². The molecule has 2 aromatic rings. The molecule has 3 aliphatic heterocycles. The number of aromatic hydroxyl groups is 1. The van der Waals surface area contributed by atoms with Crippen molar-refractivity contribution in [2.45, 2.75) is 207 Å². The number of phenols is 1. The number of thioether (sulfide) groups is 1. The first-order chi connectivity index (χ1) is 38.4. The van der Waals surface area contributed by atoms with Crippen LogP contribution in [0.1, 0.15) is 129 Å². The summed E-state index contributed by atoms with van der Waals surface area (Å²) in [6.45, 7) is 6.92. The molecule has 0 aliphatic carbocycles. The molecule has 3 aliphatic rings. The summed E-state index contributed by atoms with van der Waals surface area (Å²) in [6, 6.07) is 1.33. The number of aliphatic hydroxyl groups is 7. The van der Waals surface area contributed by atoms with Gasteiger partial charge in [-0.1, -0.05) is 108 Å². The van der Waals surface area contributed by atoms with Crippen LogP contribution in [-0.2, 0) is 38.4 Å². The lowest BCUT2D eigenvalue weighted by atomic mass is 9.91. The zero-order valence-corrected chi connectivity index (χ0v) is 47.3. The van der Waals surface area contributed by atoms with Gasteiger partial charge in [-0.25, -0.2) is 0 Å². The molecular formula is C56H84N8O16S. The van der Waals surface area contributed by atoms with Gasteiger partial charge in [0, 0.05) is 37.2 Å². The molecule has 5 rings (SSSR count). The maximum absolute atomic E-state index is 14.7. The van der Waals surface area contributed by atoms with Crippen LogP contribution in [0.4, 0.5) is 0 Å². The summed E-state index contributed by atoms with van der Waals surface area (Å²) >= 11 is 0.899. The Kier molecular flexibility index (Phi) is 25.6. The molecule has 3 fully saturated rings. The standard InChI is InChI=1S/C56H84N8O16S/c1-5-30(2)25-31(3)15-11-8-6-7-9-14-18-43(72)58-37-27-41(70)54(81-36-16-12-10-13-17-36)62-53(78)47-39(68)23-24-63(47)56(80)45(40(69)28-42(57)71)60-52(77)46(49(74)48(73)33-19-21-34(66)22-20-33)61-51(76)38-26-35(67)29-64(38)55(79)44(32(4)65)59-50(37)75/h10,12-13,16-17,19-22,30-32,35,37-41,44-49,54,65-70,73-74H,5-9,11,14-15,18,23-29H2,1-4H3,(H2,57,71)(H,58,72)(H,59,75)(H,60,77)(H,61,76)(H,62,78)/t30-,31+,32+,35+,37-,38-,39-,40+,41+,44-,45-,46-,47-,48+,49-,54+/m0/s1. The number of amides is 8. The predicted octanol–water partition coefficient (Wildman–Crippen LogP) is -0.541. The lowest BCUT2D eigenvalue weighted by molar-refractivity contribution is -0.148. The van der Waals surface area contributed by atoms with Crippen LogP contribution < -0.4 is 32.3 Å². The Morgan fingerprint density at radius 1 is 0.716 bits per heavy atom. The monoisotopic (exact) mass is 1160 g/mol. The highest BCUT2D eigenvalue weighted by atomic mass is 32.2. The second kappa shape index (κ2) is 31.5. The van der Waals surface area contributed by atoms with Crippen molar-refractivity contribution in [2.24, 2.45) is 17.6 Å². The van der Waals surface area contributed by atoms with Gasteiger partial charge in [0.2, 0.25) is 47.3 Å². The van der Waals surface area contributed by atoms with Crippen molar-refractivity contribution in [3.8, 4) is 5.75 Å². The van der Waals surface area contributed by atoms with Crippen LogP contribution >= 0.6 is 11.8 Å². The van der Waals surface area contributed by atoms with E-state index < -0.39 is 157 Å². The van der Waals surface area contributed by atoms with Gasteiger partial charge in [0.25, 0.3) is 0 Å². The highest BCUT2D eigenvalue weighted by molar-refractivity contribution is 8.00. The number of rotatable bonds is 22. The van der Waals surface area contributed by atoms with E-state index in [1.54, 1.807) is 30.3 Å². The first kappa shape index (κ1) is 65.9. The van der Waals surface area contributed by atoms with Gasteiger partial charge in [0.1, 0.15) is 59.6 Å². The number of nitrogens with one attached hydrogen (secondary N) is 5. The number of nitrogens with two attached hydrogens (primary N) is 1. The Morgan fingerprint density at radius 2 is 1.33 bits per heavy atom. The first-order valence-electron chi connectivity index (χ1n) is 28.1. The molecule has 8 amide bonds. The average Bonchev–Trinajstić information content (AvgIpc) is 4.19. The summed E-state index contributed by atoms with van der Waals surface area (Å²) in [7, 11) is 0. The van der Waals surface area contributed by atoms with Crippen LogP contribution in [0, 0.1) is 11.8 Å². The van der Waals surface area contributed by atoms with E-state index in [1.807, 2.05) is 0 Å². The summed E-state index contributed by atoms with van der Waals surface area (Å²) < 4.78 is 0. The van der Waals surface area contributed by atoms with E-state index in [0.717, 1.165) is 79.1 Å². The Balaban J connectivity index is 1.53. The number of nitrogens with zero attached hydrogens (tertiary/aromatic N) is 2. The fraction of sp³-hybridized carbons (Fsp3) is 0.643. The molecule has 0 radical (unpaired) electrons. The maximum atomic E-state index is 14.7. The Morgan fingerprint density at radius 3 is 1.98 bits per heavy atom. The summed E-state index contributed by atoms with van der Waals surface area (Å²) in [5.74, 6) is -8.00. The van der Waals surface area contributed by atoms with Crippen LogP contribution in [0.25, 0.3) is 0 Å². The van der Waals surface area contributed by atoms with Crippen molar-refractivity contribution in [3.63, 3.8) is 0 Å². The lowest BCUT2D eigenvalue weighted by Gasteiger charge is -2.34. The minimum atomic E-state index is -2.35. The molecule has 25 heteroatoms. The van der Waals surface area contributed by atoms with E-state index in [0.29, 0.717) is 29.6 Å². The molecule has 0 unspecified atom stereocenters. The molecule has 16 atom stereocenters. The molecule has 0 aromatic heterocycles. The summed E-state index contributed by atoms with van der Waals surface area (Å²) in [5, 5.41) is 101. The van der Waals surface area contributed by atoms with Crippen molar-refractivity contribution < 1.29 is 79.2 Å². The predicted molar refractivity (Wildman–Crippen MR) is 296 cm³/mol. The molecule has 0 bridgehead atoms. The van der Waals surface area contributed by atoms with E-state index in [4.69, 9.17) is 5.73 Å². The molecule has 450 valence electrons. The van der Waals surface area contributed by atoms with Gasteiger partial charge in [0.05, 0.1) is 36.9 Å². The van der Waals surface area contributed by atoms with Gasteiger partial charge in [0.15, 0.2) is 0 Å². The summed E-state index contributed by atoms with van der Waals surface area (Å²) in [6.07, 6.45) is -6.92. The number of phenolic OH excluding ortho intramolecular Hbond substituents is 1. The van der Waals surface area contributed by atoms with Gasteiger partial charge in [-0.2, -0.15) is 0 Å². The third-order valence-corrected chi connectivity index (χ3v) is 16.5. The third-order valence-electron chi connectivity index (χ3n) is 15.3. The zero-order valence-electron chi connectivity index (χ0n) is 46.5. The van der Waals surface area contributed by atoms with Crippen molar-refractivity contribution in [3.05, 3.63) is 60.2 Å². The van der Waals surface area contributed by atoms with E-state index in [1.165, 1.54) is 18.6 Å². The van der Waals surface area contributed by atoms with Crippen LogP contribution in [0.3, 0.4) is 0 Å². The van der Waals surface area contributed by atoms with E-state index >= 15 is 0 Å². The lowest BCUT2D eigenvalue weighted by Crippen LogP contribution is -2.64. The number of carbonyl (C=O) groups is 8.